The number of hydrogen-bond acceptors (Lipinski definition) is 4. The van der Waals surface area contributed by atoms with Crippen molar-refractivity contribution in [2.24, 2.45) is 0 Å². The van der Waals surface area contributed by atoms with Gasteiger partial charge in [0.2, 0.25) is 0 Å². The van der Waals surface area contributed by atoms with Crippen LogP contribution in [0.4, 0.5) is 0 Å². The molecule has 1 radical (unpaired) electrons. The number of nitrogens with zero attached hydrogens (tertiary/aromatic N) is 2. The molecule has 2 rings (SSSR count). The second-order valence-electron chi connectivity index (χ2n) is 3.04. The fourth-order valence-electron chi connectivity index (χ4n) is 0.979. The Hall–Kier alpha value is -2.41. The molecular weight excluding hydrogens is 359 g/mol. The van der Waals surface area contributed by atoms with E-state index in [-0.39, 0.29) is 50.1 Å². The third-order valence-electron chi connectivity index (χ3n) is 1.77. The predicted molar refractivity (Wildman–Crippen MR) is 76.8 cm³/mol. The van der Waals surface area contributed by atoms with E-state index in [0.717, 1.165) is 0 Å². The maximum absolute atomic E-state index is 10.1. The smallest absolute Gasteiger partial charge is 0.354 e. The van der Waals surface area contributed by atoms with Crippen LogP contribution in [0.1, 0.15) is 21.0 Å². The minimum atomic E-state index is -0.990. The Morgan fingerprint density at radius 1 is 0.696 bits per heavy atom. The van der Waals surface area contributed by atoms with E-state index in [4.69, 9.17) is 10.2 Å². The largest absolute Gasteiger partial charge is 0.477 e. The van der Waals surface area contributed by atoms with Crippen molar-refractivity contribution >= 4 is 11.9 Å². The first-order valence-corrected chi connectivity index (χ1v) is 4.90. The fraction of sp³-hybridized carbons (Fsp3) is 0. The van der Waals surface area contributed by atoms with Crippen LogP contribution in [-0.4, -0.2) is 54.0 Å². The van der Waals surface area contributed by atoms with E-state index < -0.39 is 11.9 Å². The van der Waals surface area contributed by atoms with Crippen molar-refractivity contribution < 1.29 is 58.5 Å². The standard InChI is InChI=1S/2C6H5NO2.Co.4H2O/c2*8-6(9)5-3-1-2-4-7-5;;;;;/h2*1-4H,(H,8,9);;4*1H2. The van der Waals surface area contributed by atoms with E-state index in [0.29, 0.717) is 0 Å². The van der Waals surface area contributed by atoms with Gasteiger partial charge < -0.3 is 32.1 Å². The Bertz CT molecular complexity index is 478. The molecule has 23 heavy (non-hydrogen) atoms. The van der Waals surface area contributed by atoms with Crippen molar-refractivity contribution in [1.82, 2.24) is 9.97 Å². The van der Waals surface area contributed by atoms with Crippen molar-refractivity contribution in [3.63, 3.8) is 0 Å². The van der Waals surface area contributed by atoms with Crippen LogP contribution in [0.5, 0.6) is 0 Å². The molecule has 0 saturated heterocycles. The van der Waals surface area contributed by atoms with E-state index >= 15 is 0 Å². The van der Waals surface area contributed by atoms with Crippen LogP contribution in [0, 0.1) is 0 Å². The summed E-state index contributed by atoms with van der Waals surface area (Å²) < 4.78 is 0. The van der Waals surface area contributed by atoms with Gasteiger partial charge in [-0.05, 0) is 24.3 Å². The fourth-order valence-corrected chi connectivity index (χ4v) is 0.979. The van der Waals surface area contributed by atoms with Gasteiger partial charge in [0.05, 0.1) is 0 Å². The number of carboxylic acids is 2. The van der Waals surface area contributed by atoms with Crippen molar-refractivity contribution in [2.75, 3.05) is 0 Å². The Kier molecular flexibility index (Phi) is 24.9. The molecule has 0 unspecified atom stereocenters. The normalized spacial score (nSPS) is 6.96. The van der Waals surface area contributed by atoms with E-state index in [9.17, 15) is 9.59 Å². The van der Waals surface area contributed by atoms with Gasteiger partial charge in [-0.3, -0.25) is 0 Å². The first-order valence-electron chi connectivity index (χ1n) is 4.90. The zero-order valence-corrected chi connectivity index (χ0v) is 12.6. The summed E-state index contributed by atoms with van der Waals surface area (Å²) in [7, 11) is 0. The van der Waals surface area contributed by atoms with Crippen molar-refractivity contribution in [2.45, 2.75) is 0 Å². The third-order valence-corrected chi connectivity index (χ3v) is 1.77. The van der Waals surface area contributed by atoms with Crippen LogP contribution in [0.2, 0.25) is 0 Å². The summed E-state index contributed by atoms with van der Waals surface area (Å²) >= 11 is 0. The van der Waals surface area contributed by atoms with E-state index in [2.05, 4.69) is 9.97 Å². The molecule has 0 aromatic carbocycles. The molecule has 11 heteroatoms. The van der Waals surface area contributed by atoms with Gasteiger partial charge in [-0.2, -0.15) is 0 Å². The van der Waals surface area contributed by atoms with Gasteiger partial charge in [0.15, 0.2) is 0 Å². The van der Waals surface area contributed by atoms with Crippen LogP contribution in [0.3, 0.4) is 0 Å². The molecule has 2 heterocycles. The van der Waals surface area contributed by atoms with Gasteiger partial charge in [0.1, 0.15) is 11.4 Å². The average Bonchev–Trinajstić information content (AvgIpc) is 2.41. The molecule has 0 spiro atoms. The van der Waals surface area contributed by atoms with Gasteiger partial charge >= 0.3 is 11.9 Å². The van der Waals surface area contributed by atoms with Crippen molar-refractivity contribution in [3.05, 3.63) is 60.2 Å². The monoisotopic (exact) mass is 377 g/mol. The molecule has 0 aliphatic rings. The predicted octanol–water partition coefficient (Wildman–Crippen LogP) is -1.74. The van der Waals surface area contributed by atoms with Gasteiger partial charge in [0.25, 0.3) is 0 Å². The van der Waals surface area contributed by atoms with Gasteiger partial charge in [-0.1, -0.05) is 12.1 Å². The molecule has 2 aromatic rings. The van der Waals surface area contributed by atoms with Crippen LogP contribution in [-0.2, 0) is 16.8 Å². The second kappa shape index (κ2) is 17.6. The van der Waals surface area contributed by atoms with Crippen LogP contribution < -0.4 is 0 Å². The van der Waals surface area contributed by atoms with Gasteiger partial charge in [-0.15, -0.1) is 0 Å². The first kappa shape index (κ1) is 32.5. The SMILES string of the molecule is O.O.O.O.O=C(O)c1ccccn1.O=C(O)c1ccccn1.[Co]. The van der Waals surface area contributed by atoms with Gasteiger partial charge in [0, 0.05) is 29.2 Å². The zero-order valence-electron chi connectivity index (χ0n) is 11.6. The number of aromatic carboxylic acids is 2. The first-order chi connectivity index (χ1) is 8.61. The number of carbonyl (C=O) groups is 2. The third kappa shape index (κ3) is 13.0. The minimum Gasteiger partial charge on any atom is -0.477 e. The summed E-state index contributed by atoms with van der Waals surface area (Å²) in [5.41, 5.74) is 0.162. The molecule has 2 aromatic heterocycles. The van der Waals surface area contributed by atoms with Crippen LogP contribution >= 0.6 is 0 Å². The Morgan fingerprint density at radius 2 is 1.00 bits per heavy atom. The summed E-state index contributed by atoms with van der Waals surface area (Å²) in [6, 6.07) is 9.51. The van der Waals surface area contributed by atoms with E-state index in [1.807, 2.05) is 0 Å². The number of carboxylic acid groups (broad SMARTS) is 2. The Morgan fingerprint density at radius 3 is 1.13 bits per heavy atom. The minimum absolute atomic E-state index is 0. The summed E-state index contributed by atoms with van der Waals surface area (Å²) in [4.78, 5) is 27.4. The molecule has 0 bridgehead atoms. The number of rotatable bonds is 2. The zero-order chi connectivity index (χ0) is 13.4. The Balaban J connectivity index is -0.0000000771. The Labute approximate surface area is 141 Å². The average molecular weight is 377 g/mol. The maximum atomic E-state index is 10.1. The molecule has 10 N–H and O–H groups in total. The van der Waals surface area contributed by atoms with E-state index in [1.165, 1.54) is 24.5 Å². The molecule has 133 valence electrons. The van der Waals surface area contributed by atoms with Crippen molar-refractivity contribution in [1.29, 1.82) is 0 Å². The quantitative estimate of drug-likeness (QED) is 0.616. The number of pyridine rings is 2. The summed E-state index contributed by atoms with van der Waals surface area (Å²) in [5.74, 6) is -1.98. The molecule has 0 atom stereocenters. The summed E-state index contributed by atoms with van der Waals surface area (Å²) in [5, 5.41) is 16.6. The molecule has 10 nitrogen and oxygen atoms in total. The summed E-state index contributed by atoms with van der Waals surface area (Å²) in [6.07, 6.45) is 2.90. The number of aromatic nitrogens is 2. The van der Waals surface area contributed by atoms with Crippen LogP contribution in [0.25, 0.3) is 0 Å². The molecular formula is C12H18CoN2O8. The molecule has 0 amide bonds. The molecule has 0 saturated carbocycles. The maximum Gasteiger partial charge on any atom is 0.354 e. The van der Waals surface area contributed by atoms with Gasteiger partial charge in [-0.25, -0.2) is 19.6 Å². The van der Waals surface area contributed by atoms with E-state index in [1.54, 1.807) is 24.3 Å². The van der Waals surface area contributed by atoms with Crippen molar-refractivity contribution in [3.8, 4) is 0 Å². The number of hydrogen-bond donors (Lipinski definition) is 2. The molecule has 0 fully saturated rings. The molecule has 0 aliphatic carbocycles. The second-order valence-corrected chi connectivity index (χ2v) is 3.04. The molecule has 0 aliphatic heterocycles. The topological polar surface area (TPSA) is 226 Å². The van der Waals surface area contributed by atoms with Crippen LogP contribution in [0.15, 0.2) is 48.8 Å². The summed E-state index contributed by atoms with van der Waals surface area (Å²) in [6.45, 7) is 0.